The Morgan fingerprint density at radius 1 is 1.50 bits per heavy atom. The molecule has 0 bridgehead atoms. The maximum Gasteiger partial charge on any atom is 0 e. The Balaban J connectivity index is -0.000000000833. The molecular weight excluding hydrogens is 301 g/mol. The Bertz CT molecular complexity index is 13.5. The summed E-state index contributed by atoms with van der Waals surface area (Å²) < 4.78 is 7.94. The van der Waals surface area contributed by atoms with E-state index >= 15 is 0 Å². The third-order valence-corrected chi connectivity index (χ3v) is 0. The first-order chi connectivity index (χ1) is 1.00. The van der Waals surface area contributed by atoms with Gasteiger partial charge in [-0.15, -0.1) is 0 Å². The standard InChI is InChI=1S/Ba.Co.O.Y.2H/q+2;;;;2*-1. The van der Waals surface area contributed by atoms with Gasteiger partial charge in [0.1, 0.15) is 0 Å². The van der Waals surface area contributed by atoms with Crippen molar-refractivity contribution in [2.24, 2.45) is 0 Å². The topological polar surface area (TPSA) is 17.1 Å². The van der Waals surface area contributed by atoms with Crippen LogP contribution in [0.15, 0.2) is 0 Å². The van der Waals surface area contributed by atoms with Gasteiger partial charge in [0.25, 0.3) is 0 Å². The van der Waals surface area contributed by atoms with Crippen molar-refractivity contribution in [3.8, 4) is 0 Å². The fraction of sp³-hybridized carbons (Fsp3) is 0. The van der Waals surface area contributed by atoms with Gasteiger partial charge in [-0.05, 0) is 0 Å². The molecule has 0 amide bonds. The van der Waals surface area contributed by atoms with Crippen molar-refractivity contribution >= 4 is 48.9 Å². The van der Waals surface area contributed by atoms with E-state index < -0.39 is 0 Å². The maximum absolute atomic E-state index is 7.94. The second kappa shape index (κ2) is 16.7. The molecule has 0 saturated heterocycles. The largest absolute Gasteiger partial charge is 0 e. The van der Waals surface area contributed by atoms with Crippen molar-refractivity contribution in [1.82, 2.24) is 0 Å². The molecule has 0 unspecified atom stereocenters. The van der Waals surface area contributed by atoms with Crippen molar-refractivity contribution in [3.05, 3.63) is 0 Å². The number of rotatable bonds is 0. The van der Waals surface area contributed by atoms with E-state index in [1.165, 1.54) is 0 Å². The van der Waals surface area contributed by atoms with E-state index in [1.807, 2.05) is 0 Å². The van der Waals surface area contributed by atoms with Gasteiger partial charge in [0.05, 0.1) is 0 Å². The Morgan fingerprint density at radius 3 is 1.50 bits per heavy atom. The molecule has 0 aliphatic heterocycles. The fourth-order valence-electron chi connectivity index (χ4n) is 0. The molecule has 4 heteroatoms. The molecule has 4 heavy (non-hydrogen) atoms. The Kier molecular flexibility index (Phi) is 65.8. The van der Waals surface area contributed by atoms with Gasteiger partial charge in [-0.2, -0.15) is 0 Å². The van der Waals surface area contributed by atoms with Crippen LogP contribution in [0.4, 0.5) is 0 Å². The van der Waals surface area contributed by atoms with Gasteiger partial charge < -0.3 is 2.85 Å². The van der Waals surface area contributed by atoms with Crippen LogP contribution in [0.1, 0.15) is 2.85 Å². The molecule has 0 fully saturated rings. The first kappa shape index (κ1) is 15.8. The zero-order chi connectivity index (χ0) is 2.00. The molecule has 0 atom stereocenters. The summed E-state index contributed by atoms with van der Waals surface area (Å²) in [5.74, 6) is 0. The Morgan fingerprint density at radius 2 is 1.50 bits per heavy atom. The summed E-state index contributed by atoms with van der Waals surface area (Å²) in [5, 5.41) is 0. The molecule has 0 aliphatic carbocycles. The molecular formula is H2BaCoOY. The molecule has 0 spiro atoms. The van der Waals surface area contributed by atoms with E-state index in [-0.39, 0.29) is 84.4 Å². The summed E-state index contributed by atoms with van der Waals surface area (Å²) in [6, 6.07) is 0. The smallest absolute Gasteiger partial charge is 0 e. The van der Waals surface area contributed by atoms with Crippen molar-refractivity contribution in [1.29, 1.82) is 0 Å². The number of hydrogen-bond acceptors (Lipinski definition) is 1. The van der Waals surface area contributed by atoms with Crippen LogP contribution in [0.25, 0.3) is 0 Å². The van der Waals surface area contributed by atoms with Gasteiger partial charge >= 0.3 is 68.4 Å². The Hall–Kier alpha value is 2.98. The second-order valence-corrected chi connectivity index (χ2v) is 0. The summed E-state index contributed by atoms with van der Waals surface area (Å²) in [6.45, 7) is 0. The predicted octanol–water partition coefficient (Wildman–Crippen LogP) is -0.280. The zero-order valence-electron chi connectivity index (χ0n) is 4.03. The van der Waals surface area contributed by atoms with Crippen molar-refractivity contribution < 1.29 is 55.1 Å². The maximum atomic E-state index is 7.94. The summed E-state index contributed by atoms with van der Waals surface area (Å²) in [6.07, 6.45) is 0. The van der Waals surface area contributed by atoms with Gasteiger partial charge in [0.2, 0.25) is 0 Å². The van der Waals surface area contributed by atoms with Gasteiger partial charge in [0, 0.05) is 32.7 Å². The van der Waals surface area contributed by atoms with Crippen LogP contribution in [0, 0.1) is 0 Å². The van der Waals surface area contributed by atoms with Gasteiger partial charge in [-0.1, -0.05) is 0 Å². The third-order valence-electron chi connectivity index (χ3n) is 0. The molecule has 1 nitrogen and oxygen atoms in total. The van der Waals surface area contributed by atoms with Gasteiger partial charge in [-0.25, -0.2) is 0 Å². The van der Waals surface area contributed by atoms with Crippen molar-refractivity contribution in [2.75, 3.05) is 0 Å². The van der Waals surface area contributed by atoms with Crippen LogP contribution in [0.5, 0.6) is 0 Å². The quantitative estimate of drug-likeness (QED) is 0.563. The van der Waals surface area contributed by atoms with Crippen LogP contribution in [0.3, 0.4) is 0 Å². The number of hydrogen-bond donors (Lipinski definition) is 0. The average Bonchev–Trinajstić information content (AvgIpc) is 1.00. The third kappa shape index (κ3) is 8.88. The molecule has 1 radical (unpaired) electrons. The van der Waals surface area contributed by atoms with Crippen molar-refractivity contribution in [3.63, 3.8) is 0 Å². The summed E-state index contributed by atoms with van der Waals surface area (Å²) >= 11 is 2.31. The minimum Gasteiger partial charge on any atom is 0 e. The Labute approximate surface area is 101 Å². The van der Waals surface area contributed by atoms with Gasteiger partial charge in [0.15, 0.2) is 0 Å². The van der Waals surface area contributed by atoms with Gasteiger partial charge in [-0.3, -0.25) is 0 Å². The van der Waals surface area contributed by atoms with E-state index in [0.29, 0.717) is 0 Å². The first-order valence-corrected chi connectivity index (χ1v) is 0.561. The molecule has 0 aromatic heterocycles. The monoisotopic (exact) mass is 304 g/mol. The van der Waals surface area contributed by atoms with Crippen LogP contribution in [-0.2, 0) is 52.2 Å². The summed E-state index contributed by atoms with van der Waals surface area (Å²) in [5.41, 5.74) is 0. The molecule has 0 heterocycles. The molecule has 0 aromatic rings. The SMILES string of the molecule is [Ba+2].[H-].[H-].[O]=[Co].[Y]. The minimum absolute atomic E-state index is 0. The summed E-state index contributed by atoms with van der Waals surface area (Å²) in [7, 11) is 0. The zero-order valence-corrected chi connectivity index (χ0v) is 10.3. The molecule has 0 aliphatic rings. The predicted molar refractivity (Wildman–Crippen MR) is 8.66 cm³/mol. The van der Waals surface area contributed by atoms with Crippen LogP contribution < -0.4 is 0 Å². The summed E-state index contributed by atoms with van der Waals surface area (Å²) in [4.78, 5) is 0. The molecule has 0 saturated carbocycles. The van der Waals surface area contributed by atoms with Crippen LogP contribution in [0.2, 0.25) is 0 Å². The molecule has 22 valence electrons. The second-order valence-electron chi connectivity index (χ2n) is 0. The van der Waals surface area contributed by atoms with E-state index in [4.69, 9.17) is 3.87 Å². The molecule has 0 N–H and O–H groups in total. The average molecular weight is 303 g/mol. The first-order valence-electron chi connectivity index (χ1n) is 0.136. The fourth-order valence-corrected chi connectivity index (χ4v) is 0. The van der Waals surface area contributed by atoms with Crippen LogP contribution >= 0.6 is 0 Å². The van der Waals surface area contributed by atoms with E-state index in [2.05, 4.69) is 15.7 Å². The van der Waals surface area contributed by atoms with E-state index in [0.717, 1.165) is 0 Å². The van der Waals surface area contributed by atoms with E-state index in [1.54, 1.807) is 0 Å². The normalized spacial score (nSPS) is 1.25. The molecule has 0 rings (SSSR count). The van der Waals surface area contributed by atoms with Crippen LogP contribution in [-0.4, -0.2) is 48.9 Å². The van der Waals surface area contributed by atoms with Crippen molar-refractivity contribution in [2.45, 2.75) is 0 Å². The molecule has 0 aromatic carbocycles. The van der Waals surface area contributed by atoms with E-state index in [9.17, 15) is 0 Å². The minimum atomic E-state index is 0.